The van der Waals surface area contributed by atoms with Crippen LogP contribution in [0.15, 0.2) is 0 Å². The van der Waals surface area contributed by atoms with Gasteiger partial charge in [-0.2, -0.15) is 12.6 Å². The molecule has 0 saturated heterocycles. The maximum atomic E-state index is 11.5. The van der Waals surface area contributed by atoms with Crippen LogP contribution in [-0.2, 0) is 28.5 Å². The molecule has 0 aliphatic heterocycles. The van der Waals surface area contributed by atoms with Crippen LogP contribution in [0.2, 0.25) is 0 Å². The molecular formula is C20H40N2O6S. The molecule has 0 rings (SSSR count). The Morgan fingerprint density at radius 1 is 0.724 bits per heavy atom. The second kappa shape index (κ2) is 20.4. The zero-order valence-electron chi connectivity index (χ0n) is 18.2. The summed E-state index contributed by atoms with van der Waals surface area (Å²) in [5.41, 5.74) is 0. The number of rotatable bonds is 20. The van der Waals surface area contributed by atoms with Crippen LogP contribution in [0.25, 0.3) is 0 Å². The largest absolute Gasteiger partial charge is 0.379 e. The maximum Gasteiger partial charge on any atom is 0.222 e. The van der Waals surface area contributed by atoms with Gasteiger partial charge in [-0.15, -0.1) is 0 Å². The Balaban J connectivity index is 3.19. The van der Waals surface area contributed by atoms with Crippen molar-refractivity contribution in [3.63, 3.8) is 0 Å². The Morgan fingerprint density at radius 3 is 1.72 bits per heavy atom. The fourth-order valence-electron chi connectivity index (χ4n) is 2.02. The number of carbonyl (C=O) groups is 2. The van der Waals surface area contributed by atoms with E-state index in [9.17, 15) is 9.59 Å². The Kier molecular flexibility index (Phi) is 19.8. The first kappa shape index (κ1) is 28.1. The van der Waals surface area contributed by atoms with Crippen LogP contribution in [-0.4, -0.2) is 83.0 Å². The first-order valence-electron chi connectivity index (χ1n) is 10.4. The summed E-state index contributed by atoms with van der Waals surface area (Å²) in [6, 6.07) is 0. The fraction of sp³-hybridized carbons (Fsp3) is 0.900. The van der Waals surface area contributed by atoms with Gasteiger partial charge in [0.05, 0.1) is 52.9 Å². The van der Waals surface area contributed by atoms with Gasteiger partial charge in [0, 0.05) is 25.9 Å². The molecule has 9 heteroatoms. The molecular weight excluding hydrogens is 396 g/mol. The molecule has 0 radical (unpaired) electrons. The minimum absolute atomic E-state index is 0.0146. The van der Waals surface area contributed by atoms with E-state index < -0.39 is 0 Å². The summed E-state index contributed by atoms with van der Waals surface area (Å²) >= 11 is 4.24. The van der Waals surface area contributed by atoms with Crippen LogP contribution in [0.5, 0.6) is 0 Å². The molecule has 0 spiro atoms. The molecule has 29 heavy (non-hydrogen) atoms. The minimum atomic E-state index is 0.0146. The van der Waals surface area contributed by atoms with Gasteiger partial charge in [-0.1, -0.05) is 20.8 Å². The second-order valence-corrected chi connectivity index (χ2v) is 8.02. The highest BCUT2D eigenvalue weighted by molar-refractivity contribution is 7.80. The lowest BCUT2D eigenvalue weighted by molar-refractivity contribution is -0.122. The molecule has 1 unspecified atom stereocenters. The third-order valence-electron chi connectivity index (χ3n) is 3.65. The van der Waals surface area contributed by atoms with Crippen LogP contribution in [0.1, 0.15) is 40.0 Å². The number of nitrogens with one attached hydrogen (secondary N) is 2. The van der Waals surface area contributed by atoms with E-state index in [4.69, 9.17) is 18.9 Å². The molecule has 0 aromatic carbocycles. The van der Waals surface area contributed by atoms with E-state index in [-0.39, 0.29) is 17.1 Å². The van der Waals surface area contributed by atoms with Crippen molar-refractivity contribution in [1.29, 1.82) is 0 Å². The molecule has 8 nitrogen and oxygen atoms in total. The summed E-state index contributed by atoms with van der Waals surface area (Å²) in [6.07, 6.45) is 1.63. The first-order chi connectivity index (χ1) is 13.9. The molecule has 172 valence electrons. The average molecular weight is 437 g/mol. The van der Waals surface area contributed by atoms with Crippen molar-refractivity contribution >= 4 is 24.4 Å². The normalized spacial score (nSPS) is 12.2. The maximum absolute atomic E-state index is 11.5. The standard InChI is InChI=1S/C20H40N2O6S/c1-17(2)16-22-20(24)6-8-25-10-12-27-14-15-28-13-11-26-9-7-21-19(23)5-4-18(3)29/h17-18,29H,4-16H2,1-3H3,(H,21,23)(H,22,24). The number of hydrogen-bond acceptors (Lipinski definition) is 7. The zero-order valence-corrected chi connectivity index (χ0v) is 19.1. The minimum Gasteiger partial charge on any atom is -0.379 e. The van der Waals surface area contributed by atoms with Crippen molar-refractivity contribution in [1.82, 2.24) is 10.6 Å². The molecule has 1 atom stereocenters. The number of carbonyl (C=O) groups excluding carboxylic acids is 2. The van der Waals surface area contributed by atoms with Crippen LogP contribution in [0.3, 0.4) is 0 Å². The lowest BCUT2D eigenvalue weighted by Crippen LogP contribution is -2.28. The van der Waals surface area contributed by atoms with E-state index in [1.54, 1.807) is 0 Å². The lowest BCUT2D eigenvalue weighted by Gasteiger charge is -2.09. The topological polar surface area (TPSA) is 95.1 Å². The highest BCUT2D eigenvalue weighted by Crippen LogP contribution is 2.02. The van der Waals surface area contributed by atoms with Gasteiger partial charge in [0.1, 0.15) is 0 Å². The average Bonchev–Trinajstić information content (AvgIpc) is 2.67. The van der Waals surface area contributed by atoms with Gasteiger partial charge in [-0.05, 0) is 17.6 Å². The summed E-state index contributed by atoms with van der Waals surface area (Å²) in [4.78, 5) is 23.0. The van der Waals surface area contributed by atoms with Crippen molar-refractivity contribution < 1.29 is 28.5 Å². The summed E-state index contributed by atoms with van der Waals surface area (Å²) in [5.74, 6) is 0.494. The number of amides is 2. The van der Waals surface area contributed by atoms with E-state index in [1.165, 1.54) is 0 Å². The highest BCUT2D eigenvalue weighted by atomic mass is 32.1. The van der Waals surface area contributed by atoms with E-state index in [2.05, 4.69) is 37.1 Å². The summed E-state index contributed by atoms with van der Waals surface area (Å²) < 4.78 is 21.5. The van der Waals surface area contributed by atoms with Gasteiger partial charge < -0.3 is 29.6 Å². The smallest absolute Gasteiger partial charge is 0.222 e. The Hall–Kier alpha value is -0.870. The zero-order chi connectivity index (χ0) is 21.7. The predicted molar refractivity (Wildman–Crippen MR) is 116 cm³/mol. The molecule has 0 aliphatic rings. The summed E-state index contributed by atoms with van der Waals surface area (Å²) in [7, 11) is 0. The quantitative estimate of drug-likeness (QED) is 0.197. The van der Waals surface area contributed by atoms with Crippen LogP contribution >= 0.6 is 12.6 Å². The molecule has 0 heterocycles. The van der Waals surface area contributed by atoms with Gasteiger partial charge in [0.2, 0.25) is 11.8 Å². The molecule has 0 fully saturated rings. The fourth-order valence-corrected chi connectivity index (χ4v) is 2.15. The molecule has 0 aliphatic carbocycles. The van der Waals surface area contributed by atoms with E-state index in [0.29, 0.717) is 84.7 Å². The second-order valence-electron chi connectivity index (χ2n) is 7.14. The molecule has 0 aromatic heterocycles. The number of ether oxygens (including phenoxy) is 4. The monoisotopic (exact) mass is 436 g/mol. The van der Waals surface area contributed by atoms with E-state index >= 15 is 0 Å². The Bertz CT molecular complexity index is 374. The van der Waals surface area contributed by atoms with Gasteiger partial charge in [0.25, 0.3) is 0 Å². The van der Waals surface area contributed by atoms with Gasteiger partial charge >= 0.3 is 0 Å². The SMILES string of the molecule is CC(C)CNC(=O)CCOCCOCCOCCOCCNC(=O)CCC(C)S. The molecule has 2 N–H and O–H groups in total. The van der Waals surface area contributed by atoms with Gasteiger partial charge in [-0.3, -0.25) is 9.59 Å². The van der Waals surface area contributed by atoms with Gasteiger partial charge in [-0.25, -0.2) is 0 Å². The van der Waals surface area contributed by atoms with Crippen molar-refractivity contribution in [2.75, 3.05) is 65.9 Å². The molecule has 2 amide bonds. The van der Waals surface area contributed by atoms with Crippen LogP contribution in [0.4, 0.5) is 0 Å². The van der Waals surface area contributed by atoms with Crippen LogP contribution in [0, 0.1) is 5.92 Å². The highest BCUT2D eigenvalue weighted by Gasteiger charge is 2.03. The first-order valence-corrected chi connectivity index (χ1v) is 11.0. The molecule has 0 aromatic rings. The Labute approximate surface area is 181 Å². The Morgan fingerprint density at radius 2 is 1.21 bits per heavy atom. The van der Waals surface area contributed by atoms with Crippen LogP contribution < -0.4 is 10.6 Å². The third-order valence-corrected chi connectivity index (χ3v) is 3.91. The summed E-state index contributed by atoms with van der Waals surface area (Å²) in [6.45, 7) is 11.0. The van der Waals surface area contributed by atoms with Crippen molar-refractivity contribution in [3.8, 4) is 0 Å². The van der Waals surface area contributed by atoms with Crippen molar-refractivity contribution in [2.45, 2.75) is 45.3 Å². The molecule has 0 bridgehead atoms. The predicted octanol–water partition coefficient (Wildman–Crippen LogP) is 1.43. The van der Waals surface area contributed by atoms with Gasteiger partial charge in [0.15, 0.2) is 0 Å². The number of thiol groups is 1. The lowest BCUT2D eigenvalue weighted by atomic mass is 10.2. The van der Waals surface area contributed by atoms with E-state index in [1.807, 2.05) is 6.92 Å². The molecule has 0 saturated carbocycles. The van der Waals surface area contributed by atoms with E-state index in [0.717, 1.165) is 6.42 Å². The van der Waals surface area contributed by atoms with Crippen molar-refractivity contribution in [2.24, 2.45) is 5.92 Å². The number of hydrogen-bond donors (Lipinski definition) is 3. The third kappa shape index (κ3) is 23.3. The van der Waals surface area contributed by atoms with Crippen molar-refractivity contribution in [3.05, 3.63) is 0 Å². The summed E-state index contributed by atoms with van der Waals surface area (Å²) in [5, 5.41) is 5.88.